The highest BCUT2D eigenvalue weighted by atomic mass is 16.5. The number of amides is 1. The molecule has 0 radical (unpaired) electrons. The van der Waals surface area contributed by atoms with Gasteiger partial charge in [0.1, 0.15) is 0 Å². The van der Waals surface area contributed by atoms with Crippen molar-refractivity contribution in [2.24, 2.45) is 0 Å². The van der Waals surface area contributed by atoms with Gasteiger partial charge in [-0.25, -0.2) is 4.79 Å². The molecule has 1 aromatic heterocycles. The minimum atomic E-state index is -0.878. The first-order valence-electron chi connectivity index (χ1n) is 6.65. The molecule has 104 valence electrons. The molecule has 0 spiro atoms. The van der Waals surface area contributed by atoms with Gasteiger partial charge in [0, 0.05) is 18.1 Å². The standard InChI is InChI=1S/C15H16N2O3/c18-15(19)17-7-8-20-10-12(17)9-11-3-1-5-14-13(11)4-2-6-16-14/h1-6,12H,7-10H2,(H,18,19). The van der Waals surface area contributed by atoms with Crippen molar-refractivity contribution in [1.82, 2.24) is 9.88 Å². The number of rotatable bonds is 2. The highest BCUT2D eigenvalue weighted by Crippen LogP contribution is 2.20. The molecule has 2 aromatic rings. The molecule has 0 bridgehead atoms. The summed E-state index contributed by atoms with van der Waals surface area (Å²) in [6.07, 6.45) is 1.53. The van der Waals surface area contributed by atoms with E-state index in [0.29, 0.717) is 26.2 Å². The summed E-state index contributed by atoms with van der Waals surface area (Å²) in [6.45, 7) is 1.35. The number of morpholine rings is 1. The predicted octanol–water partition coefficient (Wildman–Crippen LogP) is 2.16. The molecule has 2 heterocycles. The first-order valence-corrected chi connectivity index (χ1v) is 6.65. The molecule has 1 atom stereocenters. The summed E-state index contributed by atoms with van der Waals surface area (Å²) in [4.78, 5) is 17.1. The van der Waals surface area contributed by atoms with Gasteiger partial charge in [0.2, 0.25) is 0 Å². The number of hydrogen-bond donors (Lipinski definition) is 1. The Bertz CT molecular complexity index is 624. The van der Waals surface area contributed by atoms with Crippen molar-refractivity contribution in [3.05, 3.63) is 42.1 Å². The Kier molecular flexibility index (Phi) is 3.52. The summed E-state index contributed by atoms with van der Waals surface area (Å²) in [6, 6.07) is 9.74. The maximum absolute atomic E-state index is 11.3. The molecule has 1 fully saturated rings. The van der Waals surface area contributed by atoms with Gasteiger partial charge in [0.25, 0.3) is 0 Å². The van der Waals surface area contributed by atoms with Crippen LogP contribution in [0.4, 0.5) is 4.79 Å². The van der Waals surface area contributed by atoms with Gasteiger partial charge in [-0.1, -0.05) is 18.2 Å². The number of ether oxygens (including phenoxy) is 1. The highest BCUT2D eigenvalue weighted by molar-refractivity contribution is 5.82. The Morgan fingerprint density at radius 3 is 3.15 bits per heavy atom. The number of pyridine rings is 1. The molecule has 1 saturated heterocycles. The normalized spacial score (nSPS) is 19.2. The van der Waals surface area contributed by atoms with Crippen LogP contribution in [0.25, 0.3) is 10.9 Å². The Labute approximate surface area is 116 Å². The number of carbonyl (C=O) groups is 1. The third-order valence-electron chi connectivity index (χ3n) is 3.66. The van der Waals surface area contributed by atoms with Gasteiger partial charge in [-0.2, -0.15) is 0 Å². The van der Waals surface area contributed by atoms with E-state index in [0.717, 1.165) is 16.5 Å². The third kappa shape index (κ3) is 2.44. The molecule has 5 heteroatoms. The van der Waals surface area contributed by atoms with Crippen LogP contribution in [0.5, 0.6) is 0 Å². The number of benzene rings is 1. The van der Waals surface area contributed by atoms with Crippen molar-refractivity contribution < 1.29 is 14.6 Å². The van der Waals surface area contributed by atoms with Crippen LogP contribution in [-0.4, -0.2) is 46.9 Å². The van der Waals surface area contributed by atoms with Crippen LogP contribution in [0.1, 0.15) is 5.56 Å². The zero-order chi connectivity index (χ0) is 13.9. The number of fused-ring (bicyclic) bond motifs is 1. The fourth-order valence-electron chi connectivity index (χ4n) is 2.67. The Morgan fingerprint density at radius 1 is 1.40 bits per heavy atom. The van der Waals surface area contributed by atoms with Gasteiger partial charge in [0.05, 0.1) is 24.8 Å². The first-order chi connectivity index (χ1) is 9.75. The van der Waals surface area contributed by atoms with Crippen molar-refractivity contribution in [1.29, 1.82) is 0 Å². The maximum atomic E-state index is 11.3. The minimum absolute atomic E-state index is 0.132. The summed E-state index contributed by atoms with van der Waals surface area (Å²) in [5, 5.41) is 10.3. The average molecular weight is 272 g/mol. The molecule has 1 amide bonds. The first kappa shape index (κ1) is 12.9. The third-order valence-corrected chi connectivity index (χ3v) is 3.66. The molecule has 1 aromatic carbocycles. The summed E-state index contributed by atoms with van der Waals surface area (Å²) in [7, 11) is 0. The molecule has 20 heavy (non-hydrogen) atoms. The van der Waals surface area contributed by atoms with Gasteiger partial charge in [-0.05, 0) is 24.1 Å². The second-order valence-corrected chi connectivity index (χ2v) is 4.90. The Morgan fingerprint density at radius 2 is 2.30 bits per heavy atom. The lowest BCUT2D eigenvalue weighted by atomic mass is 10.00. The van der Waals surface area contributed by atoms with E-state index in [4.69, 9.17) is 4.74 Å². The van der Waals surface area contributed by atoms with Crippen LogP contribution in [0.15, 0.2) is 36.5 Å². The molecule has 0 saturated carbocycles. The van der Waals surface area contributed by atoms with Crippen LogP contribution in [0.2, 0.25) is 0 Å². The van der Waals surface area contributed by atoms with E-state index < -0.39 is 6.09 Å². The quantitative estimate of drug-likeness (QED) is 0.910. The van der Waals surface area contributed by atoms with E-state index in [9.17, 15) is 9.90 Å². The highest BCUT2D eigenvalue weighted by Gasteiger charge is 2.27. The van der Waals surface area contributed by atoms with E-state index in [1.165, 1.54) is 4.90 Å². The fourth-order valence-corrected chi connectivity index (χ4v) is 2.67. The van der Waals surface area contributed by atoms with Crippen molar-refractivity contribution in [2.45, 2.75) is 12.5 Å². The van der Waals surface area contributed by atoms with Gasteiger partial charge in [-0.15, -0.1) is 0 Å². The van der Waals surface area contributed by atoms with Crippen LogP contribution in [0.3, 0.4) is 0 Å². The molecule has 0 aliphatic carbocycles. The van der Waals surface area contributed by atoms with Crippen molar-refractivity contribution in [3.63, 3.8) is 0 Å². The number of aromatic nitrogens is 1. The van der Waals surface area contributed by atoms with Gasteiger partial charge >= 0.3 is 6.09 Å². The summed E-state index contributed by atoms with van der Waals surface area (Å²) >= 11 is 0. The lowest BCUT2D eigenvalue weighted by Gasteiger charge is -2.33. The molecular weight excluding hydrogens is 256 g/mol. The van der Waals surface area contributed by atoms with E-state index in [-0.39, 0.29) is 6.04 Å². The lowest BCUT2D eigenvalue weighted by Crippen LogP contribution is -2.49. The number of carboxylic acid groups (broad SMARTS) is 1. The smallest absolute Gasteiger partial charge is 0.407 e. The van der Waals surface area contributed by atoms with Crippen LogP contribution >= 0.6 is 0 Å². The van der Waals surface area contributed by atoms with Gasteiger partial charge < -0.3 is 14.7 Å². The summed E-state index contributed by atoms with van der Waals surface area (Å²) in [5.41, 5.74) is 2.04. The average Bonchev–Trinajstić information content (AvgIpc) is 2.48. The van der Waals surface area contributed by atoms with Crippen molar-refractivity contribution >= 4 is 17.0 Å². The molecule has 3 rings (SSSR count). The van der Waals surface area contributed by atoms with Crippen molar-refractivity contribution in [3.8, 4) is 0 Å². The van der Waals surface area contributed by atoms with Crippen molar-refractivity contribution in [2.75, 3.05) is 19.8 Å². The summed E-state index contributed by atoms with van der Waals surface area (Å²) in [5.74, 6) is 0. The molecule has 5 nitrogen and oxygen atoms in total. The predicted molar refractivity (Wildman–Crippen MR) is 74.8 cm³/mol. The van der Waals surface area contributed by atoms with E-state index >= 15 is 0 Å². The van der Waals surface area contributed by atoms with Crippen LogP contribution in [-0.2, 0) is 11.2 Å². The molecular formula is C15H16N2O3. The second-order valence-electron chi connectivity index (χ2n) is 4.90. The van der Waals surface area contributed by atoms with E-state index in [1.54, 1.807) is 6.20 Å². The molecule has 1 aliphatic rings. The molecule has 1 unspecified atom stereocenters. The summed E-state index contributed by atoms with van der Waals surface area (Å²) < 4.78 is 5.43. The second kappa shape index (κ2) is 5.46. The topological polar surface area (TPSA) is 62.7 Å². The van der Waals surface area contributed by atoms with Crippen LogP contribution in [0, 0.1) is 0 Å². The van der Waals surface area contributed by atoms with E-state index in [1.807, 2.05) is 30.3 Å². The SMILES string of the molecule is O=C(O)N1CCOCC1Cc1cccc2ncccc12. The van der Waals surface area contributed by atoms with Gasteiger partial charge in [0.15, 0.2) is 0 Å². The Balaban J connectivity index is 1.90. The molecule has 1 aliphatic heterocycles. The monoisotopic (exact) mass is 272 g/mol. The zero-order valence-electron chi connectivity index (χ0n) is 11.0. The van der Waals surface area contributed by atoms with Gasteiger partial charge in [-0.3, -0.25) is 4.98 Å². The molecule has 1 N–H and O–H groups in total. The lowest BCUT2D eigenvalue weighted by molar-refractivity contribution is 0.000382. The Hall–Kier alpha value is -2.14. The number of nitrogens with zero attached hydrogens (tertiary/aromatic N) is 2. The zero-order valence-corrected chi connectivity index (χ0v) is 11.0. The largest absolute Gasteiger partial charge is 0.465 e. The fraction of sp³-hybridized carbons (Fsp3) is 0.333. The number of hydrogen-bond acceptors (Lipinski definition) is 3. The minimum Gasteiger partial charge on any atom is -0.465 e. The maximum Gasteiger partial charge on any atom is 0.407 e. The van der Waals surface area contributed by atoms with Crippen LogP contribution < -0.4 is 0 Å². The van der Waals surface area contributed by atoms with E-state index in [2.05, 4.69) is 4.98 Å².